The number of aliphatic hydroxyl groups is 5. The lowest BCUT2D eigenvalue weighted by molar-refractivity contribution is -0.335. The Hall–Kier alpha value is -2.62. The summed E-state index contributed by atoms with van der Waals surface area (Å²) in [6, 6.07) is 4.89. The predicted octanol–water partition coefficient (Wildman–Crippen LogP) is -1.72. The molecule has 37 heavy (non-hydrogen) atoms. The van der Waals surface area contributed by atoms with Crippen molar-refractivity contribution in [2.45, 2.75) is 82.1 Å². The number of hydrogen-bond donors (Lipinski definition) is 6. The molecule has 6 N–H and O–H groups in total. The quantitative estimate of drug-likeness (QED) is 0.234. The average molecular weight is 526 g/mol. The maximum atomic E-state index is 12.1. The van der Waals surface area contributed by atoms with Crippen LogP contribution in [0, 0.1) is 6.92 Å². The van der Waals surface area contributed by atoms with Gasteiger partial charge in [-0.25, -0.2) is 4.79 Å². The fourth-order valence-electron chi connectivity index (χ4n) is 4.51. The van der Waals surface area contributed by atoms with E-state index < -0.39 is 79.5 Å². The van der Waals surface area contributed by atoms with Gasteiger partial charge in [-0.05, 0) is 31.5 Å². The van der Waals surface area contributed by atoms with Crippen LogP contribution in [0.2, 0.25) is 0 Å². The molecule has 0 spiro atoms. The van der Waals surface area contributed by atoms with E-state index in [0.717, 1.165) is 0 Å². The molecule has 0 radical (unpaired) electrons. The minimum Gasteiger partial charge on any atom is -0.462 e. The van der Waals surface area contributed by atoms with Gasteiger partial charge in [0.2, 0.25) is 12.2 Å². The molecule has 2 aromatic rings. The topological polar surface area (TPSA) is 197 Å². The predicted molar refractivity (Wildman–Crippen MR) is 124 cm³/mol. The van der Waals surface area contributed by atoms with E-state index in [1.54, 1.807) is 19.1 Å². The van der Waals surface area contributed by atoms with Crippen LogP contribution >= 0.6 is 0 Å². The molecule has 2 aliphatic rings. The molecule has 0 aliphatic carbocycles. The first-order valence-corrected chi connectivity index (χ1v) is 11.8. The summed E-state index contributed by atoms with van der Waals surface area (Å²) in [4.78, 5) is 23.9. The van der Waals surface area contributed by atoms with E-state index in [1.165, 1.54) is 26.0 Å². The molecule has 2 saturated heterocycles. The van der Waals surface area contributed by atoms with Crippen molar-refractivity contribution in [3.8, 4) is 5.75 Å². The van der Waals surface area contributed by atoms with Crippen molar-refractivity contribution in [1.29, 1.82) is 0 Å². The Morgan fingerprint density at radius 2 is 1.76 bits per heavy atom. The smallest absolute Gasteiger partial charge is 0.336 e. The highest BCUT2D eigenvalue weighted by atomic mass is 16.7. The number of aliphatic hydroxyl groups excluding tert-OH is 5. The molecule has 0 saturated carbocycles. The number of rotatable bonds is 6. The van der Waals surface area contributed by atoms with Gasteiger partial charge in [0.1, 0.15) is 54.0 Å². The van der Waals surface area contributed by atoms with Crippen LogP contribution in [0.1, 0.15) is 19.4 Å². The number of amides is 1. The first-order valence-electron chi connectivity index (χ1n) is 11.8. The number of carbonyl (C=O) groups excluding carboxylic acids is 1. The third kappa shape index (κ3) is 5.63. The van der Waals surface area contributed by atoms with Gasteiger partial charge in [0.25, 0.3) is 0 Å². The number of carbonyl (C=O) groups is 1. The molecule has 4 rings (SSSR count). The second-order valence-electron chi connectivity index (χ2n) is 9.25. The van der Waals surface area contributed by atoms with Crippen molar-refractivity contribution >= 4 is 16.9 Å². The highest BCUT2D eigenvalue weighted by Gasteiger charge is 2.51. The number of nitrogens with one attached hydrogen (secondary N) is 1. The Bertz CT molecular complexity index is 1170. The van der Waals surface area contributed by atoms with Crippen molar-refractivity contribution in [2.24, 2.45) is 0 Å². The summed E-state index contributed by atoms with van der Waals surface area (Å²) in [5.74, 6) is -0.339. The maximum Gasteiger partial charge on any atom is 0.336 e. The number of hydrogen-bond acceptors (Lipinski definition) is 12. The lowest BCUT2D eigenvalue weighted by Gasteiger charge is -2.47. The van der Waals surface area contributed by atoms with Crippen LogP contribution in [0.15, 0.2) is 33.5 Å². The summed E-state index contributed by atoms with van der Waals surface area (Å²) in [6.07, 6.45) is -12.5. The average Bonchev–Trinajstić information content (AvgIpc) is 2.84. The first kappa shape index (κ1) is 27.4. The molecular weight excluding hydrogens is 494 g/mol. The molecule has 3 heterocycles. The molecule has 13 nitrogen and oxygen atoms in total. The van der Waals surface area contributed by atoms with Crippen molar-refractivity contribution < 1.29 is 53.7 Å². The minimum absolute atomic E-state index is 0.189. The van der Waals surface area contributed by atoms with Crippen LogP contribution in [-0.2, 0) is 19.0 Å². The Balaban J connectivity index is 1.65. The van der Waals surface area contributed by atoms with Crippen LogP contribution in [0.3, 0.4) is 0 Å². The van der Waals surface area contributed by atoms with E-state index in [2.05, 4.69) is 5.32 Å². The maximum absolute atomic E-state index is 12.1. The fourth-order valence-corrected chi connectivity index (χ4v) is 4.51. The van der Waals surface area contributed by atoms with E-state index in [0.29, 0.717) is 10.9 Å². The molecule has 1 aromatic heterocycles. The summed E-state index contributed by atoms with van der Waals surface area (Å²) < 4.78 is 28.2. The van der Waals surface area contributed by atoms with Crippen LogP contribution in [0.4, 0.5) is 0 Å². The SMILES string of the molecule is CC(=O)N[C@@H]1[C@H](Oc2ccc3c(C)cc(=O)oc3c2)O[C@@H](CO)[C@@H](O)[C@@H]1O[C@H]1O[C@@H](C)[C@@H](O)[C@H](O)[C@@H]1O. The van der Waals surface area contributed by atoms with Gasteiger partial charge in [-0.15, -0.1) is 0 Å². The number of ether oxygens (including phenoxy) is 4. The molecule has 0 unspecified atom stereocenters. The van der Waals surface area contributed by atoms with E-state index in [1.807, 2.05) is 0 Å². The summed E-state index contributed by atoms with van der Waals surface area (Å²) >= 11 is 0. The Morgan fingerprint density at radius 1 is 1.03 bits per heavy atom. The van der Waals surface area contributed by atoms with Gasteiger partial charge in [0, 0.05) is 24.4 Å². The van der Waals surface area contributed by atoms with Crippen LogP contribution in [0.5, 0.6) is 5.75 Å². The lowest BCUT2D eigenvalue weighted by atomic mass is 9.95. The minimum atomic E-state index is -1.68. The van der Waals surface area contributed by atoms with Crippen molar-refractivity contribution in [3.05, 3.63) is 40.2 Å². The third-order valence-electron chi connectivity index (χ3n) is 6.50. The third-order valence-corrected chi connectivity index (χ3v) is 6.50. The van der Waals surface area contributed by atoms with Gasteiger partial charge in [-0.3, -0.25) is 4.79 Å². The Labute approximate surface area is 211 Å². The summed E-state index contributed by atoms with van der Waals surface area (Å²) in [5, 5.41) is 54.5. The molecule has 2 aliphatic heterocycles. The van der Waals surface area contributed by atoms with Crippen LogP contribution < -0.4 is 15.7 Å². The molecule has 1 amide bonds. The van der Waals surface area contributed by atoms with Gasteiger partial charge in [-0.1, -0.05) is 0 Å². The normalized spacial score (nSPS) is 36.3. The molecule has 2 fully saturated rings. The number of fused-ring (bicyclic) bond motifs is 1. The second kappa shape index (κ2) is 11.0. The summed E-state index contributed by atoms with van der Waals surface area (Å²) in [7, 11) is 0. The molecular formula is C24H31NO12. The molecule has 13 heteroatoms. The second-order valence-corrected chi connectivity index (χ2v) is 9.25. The van der Waals surface area contributed by atoms with E-state index >= 15 is 0 Å². The van der Waals surface area contributed by atoms with Crippen LogP contribution in [-0.4, -0.2) is 99.4 Å². The first-order chi connectivity index (χ1) is 17.5. The van der Waals surface area contributed by atoms with Crippen molar-refractivity contribution in [1.82, 2.24) is 5.32 Å². The summed E-state index contributed by atoms with van der Waals surface area (Å²) in [5.41, 5.74) is 0.408. The standard InChI is InChI=1S/C24H31NO12/c1-9-6-16(28)35-14-7-12(4-5-13(9)14)34-23-17(25-11(3)27)22(19(30)15(8-26)36-23)37-24-21(32)20(31)18(29)10(2)33-24/h4-7,10,15,17-24,26,29-32H,8H2,1-3H3,(H,25,27)/t10-,15-,17-,18+,19+,20-,21-,22+,23+,24+/m0/s1. The molecule has 204 valence electrons. The van der Waals surface area contributed by atoms with Crippen LogP contribution in [0.25, 0.3) is 11.0 Å². The van der Waals surface area contributed by atoms with E-state index in [9.17, 15) is 35.1 Å². The fraction of sp³-hybridized carbons (Fsp3) is 0.583. The zero-order valence-corrected chi connectivity index (χ0v) is 20.4. The van der Waals surface area contributed by atoms with Crippen molar-refractivity contribution in [3.63, 3.8) is 0 Å². The number of aryl methyl sites for hydroxylation is 1. The van der Waals surface area contributed by atoms with Gasteiger partial charge in [0.15, 0.2) is 6.29 Å². The zero-order valence-electron chi connectivity index (χ0n) is 20.4. The Kier molecular flexibility index (Phi) is 8.16. The highest BCUT2D eigenvalue weighted by Crippen LogP contribution is 2.31. The monoisotopic (exact) mass is 525 g/mol. The molecule has 1 aromatic carbocycles. The molecule has 10 atom stereocenters. The Morgan fingerprint density at radius 3 is 2.43 bits per heavy atom. The van der Waals surface area contributed by atoms with Gasteiger partial charge in [-0.2, -0.15) is 0 Å². The van der Waals surface area contributed by atoms with E-state index in [4.69, 9.17) is 23.4 Å². The highest BCUT2D eigenvalue weighted by molar-refractivity contribution is 5.81. The zero-order chi connectivity index (χ0) is 27.0. The van der Waals surface area contributed by atoms with Crippen molar-refractivity contribution in [2.75, 3.05) is 6.61 Å². The largest absolute Gasteiger partial charge is 0.462 e. The van der Waals surface area contributed by atoms with Gasteiger partial charge in [0.05, 0.1) is 12.7 Å². The summed E-state index contributed by atoms with van der Waals surface area (Å²) in [6.45, 7) is 3.79. The number of benzene rings is 1. The molecule has 0 bridgehead atoms. The van der Waals surface area contributed by atoms with E-state index in [-0.39, 0.29) is 11.3 Å². The lowest BCUT2D eigenvalue weighted by Crippen LogP contribution is -2.68. The van der Waals surface area contributed by atoms with Gasteiger partial charge >= 0.3 is 5.63 Å². The van der Waals surface area contributed by atoms with Gasteiger partial charge < -0.3 is 54.2 Å².